The number of carbonyl (C=O) groups excluding carboxylic acids is 2. The lowest BCUT2D eigenvalue weighted by molar-refractivity contribution is -0.144. The summed E-state index contributed by atoms with van der Waals surface area (Å²) >= 11 is 23.8. The minimum absolute atomic E-state index is 0.0458. The summed E-state index contributed by atoms with van der Waals surface area (Å²) in [7, 11) is 0. The molecule has 0 aliphatic rings. The van der Waals surface area contributed by atoms with E-state index in [0.717, 1.165) is 30.3 Å². The van der Waals surface area contributed by atoms with Crippen LogP contribution in [-0.2, 0) is 4.79 Å². The van der Waals surface area contributed by atoms with Gasteiger partial charge in [0, 0.05) is 18.9 Å². The van der Waals surface area contributed by atoms with Crippen molar-refractivity contribution in [2.45, 2.75) is 50.9 Å². The molecule has 0 aromatic heterocycles. The number of nitrogens with one attached hydrogen (secondary N) is 2. The Morgan fingerprint density at radius 1 is 0.947 bits per heavy atom. The lowest BCUT2D eigenvalue weighted by Crippen LogP contribution is -2.46. The van der Waals surface area contributed by atoms with E-state index in [4.69, 9.17) is 46.4 Å². The maximum absolute atomic E-state index is 15.1. The van der Waals surface area contributed by atoms with Gasteiger partial charge < -0.3 is 10.6 Å². The zero-order valence-corrected chi connectivity index (χ0v) is 22.7. The minimum atomic E-state index is -4.51. The van der Waals surface area contributed by atoms with E-state index in [-0.39, 0.29) is 36.8 Å². The van der Waals surface area contributed by atoms with Crippen molar-refractivity contribution in [2.24, 2.45) is 0 Å². The largest absolute Gasteiger partial charge is 0.389 e. The van der Waals surface area contributed by atoms with Gasteiger partial charge in [-0.2, -0.15) is 13.2 Å². The van der Waals surface area contributed by atoms with E-state index in [2.05, 4.69) is 10.6 Å². The summed E-state index contributed by atoms with van der Waals surface area (Å²) in [6.07, 6.45) is -7.06. The quantitative estimate of drug-likeness (QED) is 0.167. The van der Waals surface area contributed by atoms with Gasteiger partial charge in [-0.15, -0.1) is 0 Å². The van der Waals surface area contributed by atoms with Crippen molar-refractivity contribution in [2.75, 3.05) is 0 Å². The van der Waals surface area contributed by atoms with Crippen LogP contribution in [0.15, 0.2) is 36.4 Å². The summed E-state index contributed by atoms with van der Waals surface area (Å²) in [4.78, 5) is 24.1. The van der Waals surface area contributed by atoms with Crippen LogP contribution in [0.1, 0.15) is 54.1 Å². The van der Waals surface area contributed by atoms with E-state index >= 15 is 4.39 Å². The van der Waals surface area contributed by atoms with Gasteiger partial charge in [-0.25, -0.2) is 13.2 Å². The second-order valence-electron chi connectivity index (χ2n) is 8.32. The number of allylic oxidation sites excluding steroid dienone is 1. The predicted molar refractivity (Wildman–Crippen MR) is 136 cm³/mol. The highest BCUT2D eigenvalue weighted by atomic mass is 35.5. The molecule has 0 bridgehead atoms. The van der Waals surface area contributed by atoms with Crippen LogP contribution in [0, 0.1) is 0 Å². The highest BCUT2D eigenvalue weighted by Gasteiger charge is 2.35. The average Bonchev–Trinajstić information content (AvgIpc) is 2.77. The molecule has 2 rings (SSSR count). The standard InChI is InChI=1S/C24H20Cl4F6N2O2/c1-11(35-20(37)5-6-24(32,33)34)36-22(38)14-4-3-12(7-16(14)25)19(29)10-15(23(2,30)31)13-8-17(26)21(28)18(27)9-13/h3-4,7-11,15H,5-6H2,1-2H3,(H,35,37)(H,36,38)/b19-10-. The molecule has 2 atom stereocenters. The number of carbonyl (C=O) groups is 2. The molecule has 2 amide bonds. The van der Waals surface area contributed by atoms with Crippen molar-refractivity contribution in [3.63, 3.8) is 0 Å². The van der Waals surface area contributed by atoms with Gasteiger partial charge in [0.1, 0.15) is 5.83 Å². The zero-order chi connectivity index (χ0) is 29.0. The Kier molecular flexibility index (Phi) is 10.8. The first-order chi connectivity index (χ1) is 17.4. The molecule has 0 spiro atoms. The first-order valence-electron chi connectivity index (χ1n) is 10.8. The fraction of sp³-hybridized carbons (Fsp3) is 0.333. The monoisotopic (exact) mass is 622 g/mol. The molecule has 2 aromatic rings. The predicted octanol–water partition coefficient (Wildman–Crippen LogP) is 8.58. The first-order valence-corrected chi connectivity index (χ1v) is 12.3. The Morgan fingerprint density at radius 3 is 2.03 bits per heavy atom. The van der Waals surface area contributed by atoms with Crippen molar-refractivity contribution in [3.8, 4) is 0 Å². The molecule has 14 heteroatoms. The fourth-order valence-corrected chi connectivity index (χ4v) is 4.14. The molecule has 2 N–H and O–H groups in total. The van der Waals surface area contributed by atoms with Crippen molar-refractivity contribution in [3.05, 3.63) is 73.2 Å². The second kappa shape index (κ2) is 12.8. The summed E-state index contributed by atoms with van der Waals surface area (Å²) in [5.74, 6) is -8.08. The van der Waals surface area contributed by atoms with Crippen LogP contribution in [0.3, 0.4) is 0 Å². The molecule has 0 heterocycles. The molecule has 0 aliphatic carbocycles. The highest BCUT2D eigenvalue weighted by Crippen LogP contribution is 2.41. The molecular weight excluding hydrogens is 604 g/mol. The molecule has 38 heavy (non-hydrogen) atoms. The minimum Gasteiger partial charge on any atom is -0.336 e. The lowest BCUT2D eigenvalue weighted by Gasteiger charge is -2.22. The number of rotatable bonds is 9. The molecule has 0 aliphatic heterocycles. The van der Waals surface area contributed by atoms with E-state index in [1.807, 2.05) is 0 Å². The van der Waals surface area contributed by atoms with Crippen LogP contribution in [-0.4, -0.2) is 30.1 Å². The summed E-state index contributed by atoms with van der Waals surface area (Å²) in [6.45, 7) is 1.90. The van der Waals surface area contributed by atoms with E-state index < -0.39 is 54.7 Å². The Morgan fingerprint density at radius 2 is 1.53 bits per heavy atom. The van der Waals surface area contributed by atoms with Gasteiger partial charge in [0.25, 0.3) is 11.8 Å². The van der Waals surface area contributed by atoms with E-state index in [1.165, 1.54) is 6.92 Å². The maximum Gasteiger partial charge on any atom is 0.389 e. The first kappa shape index (κ1) is 32.1. The van der Waals surface area contributed by atoms with Crippen LogP contribution in [0.5, 0.6) is 0 Å². The van der Waals surface area contributed by atoms with E-state index in [0.29, 0.717) is 13.0 Å². The smallest absolute Gasteiger partial charge is 0.336 e. The molecule has 0 radical (unpaired) electrons. The molecule has 208 valence electrons. The molecule has 2 unspecified atom stereocenters. The van der Waals surface area contributed by atoms with E-state index in [9.17, 15) is 31.5 Å². The fourth-order valence-electron chi connectivity index (χ4n) is 3.26. The summed E-state index contributed by atoms with van der Waals surface area (Å²) in [5, 5.41) is 4.02. The SMILES string of the molecule is CC(NC(=O)CCC(F)(F)F)NC(=O)c1ccc(/C(F)=C/C(c2cc(Cl)c(Cl)c(Cl)c2)C(C)(F)F)cc1Cl. The number of hydrogen-bond acceptors (Lipinski definition) is 2. The third-order valence-corrected chi connectivity index (χ3v) is 6.58. The van der Waals surface area contributed by atoms with Gasteiger partial charge in [0.05, 0.1) is 44.2 Å². The third kappa shape index (κ3) is 9.25. The van der Waals surface area contributed by atoms with E-state index in [1.54, 1.807) is 0 Å². The van der Waals surface area contributed by atoms with Gasteiger partial charge in [0.2, 0.25) is 5.91 Å². The van der Waals surface area contributed by atoms with Crippen molar-refractivity contribution in [1.82, 2.24) is 10.6 Å². The molecule has 0 fully saturated rings. The topological polar surface area (TPSA) is 58.2 Å². The number of hydrogen-bond donors (Lipinski definition) is 2. The number of amides is 2. The Balaban J connectivity index is 2.21. The number of halogens is 10. The highest BCUT2D eigenvalue weighted by molar-refractivity contribution is 6.48. The van der Waals surface area contributed by atoms with Crippen LogP contribution >= 0.6 is 46.4 Å². The third-order valence-electron chi connectivity index (χ3n) is 5.07. The average molecular weight is 624 g/mol. The molecule has 2 aromatic carbocycles. The Hall–Kier alpha value is -2.14. The maximum atomic E-state index is 15.1. The Labute approximate surface area is 234 Å². The number of benzene rings is 2. The number of alkyl halides is 5. The van der Waals surface area contributed by atoms with Gasteiger partial charge in [-0.05, 0) is 42.8 Å². The van der Waals surface area contributed by atoms with Gasteiger partial charge in [-0.1, -0.05) is 52.5 Å². The summed E-state index contributed by atoms with van der Waals surface area (Å²) < 4.78 is 80.5. The van der Waals surface area contributed by atoms with Crippen LogP contribution < -0.4 is 10.6 Å². The molecule has 4 nitrogen and oxygen atoms in total. The normalized spacial score (nSPS) is 14.2. The van der Waals surface area contributed by atoms with Crippen LogP contribution in [0.4, 0.5) is 26.3 Å². The Bertz CT molecular complexity index is 1210. The van der Waals surface area contributed by atoms with Gasteiger partial charge >= 0.3 is 6.18 Å². The lowest BCUT2D eigenvalue weighted by atomic mass is 9.92. The van der Waals surface area contributed by atoms with Crippen LogP contribution in [0.2, 0.25) is 20.1 Å². The van der Waals surface area contributed by atoms with Crippen molar-refractivity contribution >= 4 is 64.0 Å². The second-order valence-corrected chi connectivity index (χ2v) is 9.92. The zero-order valence-electron chi connectivity index (χ0n) is 19.6. The summed E-state index contributed by atoms with van der Waals surface area (Å²) in [6, 6.07) is 5.55. The van der Waals surface area contributed by atoms with Crippen molar-refractivity contribution < 1.29 is 35.9 Å². The molecular formula is C24H20Cl4F6N2O2. The summed E-state index contributed by atoms with van der Waals surface area (Å²) in [5.41, 5.74) is -0.478. The van der Waals surface area contributed by atoms with Crippen molar-refractivity contribution in [1.29, 1.82) is 0 Å². The van der Waals surface area contributed by atoms with Crippen LogP contribution in [0.25, 0.3) is 5.83 Å². The van der Waals surface area contributed by atoms with Gasteiger partial charge in [-0.3, -0.25) is 9.59 Å². The molecule has 0 saturated heterocycles. The van der Waals surface area contributed by atoms with Gasteiger partial charge in [0.15, 0.2) is 0 Å². The molecule has 0 saturated carbocycles.